The van der Waals surface area contributed by atoms with E-state index in [0.29, 0.717) is 13.2 Å². The Morgan fingerprint density at radius 1 is 1.23 bits per heavy atom. The molecule has 0 bridgehead atoms. The van der Waals surface area contributed by atoms with Crippen LogP contribution in [0.2, 0.25) is 0 Å². The first-order valence-corrected chi connectivity index (χ1v) is 9.59. The fraction of sp³-hybridized carbons (Fsp3) is 0.278. The molecule has 1 aliphatic rings. The first-order chi connectivity index (χ1) is 12.4. The Hall–Kier alpha value is -2.29. The minimum Gasteiger partial charge on any atom is -0.378 e. The van der Waals surface area contributed by atoms with Crippen LogP contribution in [0.4, 0.5) is 10.1 Å². The lowest BCUT2D eigenvalue weighted by atomic mass is 10.2. The van der Waals surface area contributed by atoms with Gasteiger partial charge in [-0.15, -0.1) is 0 Å². The topological polar surface area (TPSA) is 75.7 Å². The van der Waals surface area contributed by atoms with E-state index in [4.69, 9.17) is 4.74 Å². The van der Waals surface area contributed by atoms with Crippen LogP contribution in [0.25, 0.3) is 0 Å². The second-order valence-corrected chi connectivity index (χ2v) is 7.89. The van der Waals surface area contributed by atoms with Crippen LogP contribution in [-0.2, 0) is 14.8 Å². The van der Waals surface area contributed by atoms with Gasteiger partial charge in [-0.05, 0) is 37.3 Å². The van der Waals surface area contributed by atoms with Crippen LogP contribution >= 0.6 is 0 Å². The highest BCUT2D eigenvalue weighted by Crippen LogP contribution is 2.23. The molecule has 8 heteroatoms. The highest BCUT2D eigenvalue weighted by molar-refractivity contribution is 7.89. The van der Waals surface area contributed by atoms with Crippen LogP contribution in [0.15, 0.2) is 53.4 Å². The lowest BCUT2D eigenvalue weighted by Crippen LogP contribution is -2.46. The molecule has 1 atom stereocenters. The molecule has 2 aromatic carbocycles. The maximum absolute atomic E-state index is 13.7. The average Bonchev–Trinajstić information content (AvgIpc) is 2.62. The fourth-order valence-corrected chi connectivity index (χ4v) is 4.43. The quantitative estimate of drug-likeness (QED) is 0.887. The second kappa shape index (κ2) is 7.53. The highest BCUT2D eigenvalue weighted by atomic mass is 32.2. The van der Waals surface area contributed by atoms with Gasteiger partial charge in [0.15, 0.2) is 0 Å². The number of carbonyl (C=O) groups is 1. The Kier molecular flexibility index (Phi) is 5.36. The van der Waals surface area contributed by atoms with Crippen molar-refractivity contribution in [2.75, 3.05) is 25.1 Å². The number of nitrogens with zero attached hydrogens (tertiary/aromatic N) is 1. The number of rotatable bonds is 4. The van der Waals surface area contributed by atoms with Crippen LogP contribution in [0, 0.1) is 5.82 Å². The van der Waals surface area contributed by atoms with Gasteiger partial charge in [0.25, 0.3) is 5.91 Å². The Labute approximate surface area is 151 Å². The number of amides is 1. The van der Waals surface area contributed by atoms with E-state index < -0.39 is 21.7 Å². The van der Waals surface area contributed by atoms with E-state index in [1.807, 2.05) is 0 Å². The summed E-state index contributed by atoms with van der Waals surface area (Å²) in [6, 6.07) is 11.3. The van der Waals surface area contributed by atoms with E-state index >= 15 is 0 Å². The van der Waals surface area contributed by atoms with Crippen molar-refractivity contribution in [3.8, 4) is 0 Å². The molecular formula is C18H19FN2O4S. The van der Waals surface area contributed by atoms with E-state index in [1.165, 1.54) is 40.7 Å². The largest absolute Gasteiger partial charge is 0.378 e. The van der Waals surface area contributed by atoms with Crippen molar-refractivity contribution in [2.24, 2.45) is 0 Å². The summed E-state index contributed by atoms with van der Waals surface area (Å²) in [7, 11) is -3.71. The third kappa shape index (κ3) is 3.77. The number of sulfonamides is 1. The van der Waals surface area contributed by atoms with Crippen molar-refractivity contribution in [1.29, 1.82) is 0 Å². The number of anilines is 1. The van der Waals surface area contributed by atoms with E-state index in [0.717, 1.165) is 0 Å². The highest BCUT2D eigenvalue weighted by Gasteiger charge is 2.31. The predicted octanol–water partition coefficient (Wildman–Crippen LogP) is 2.49. The first kappa shape index (κ1) is 18.5. The van der Waals surface area contributed by atoms with E-state index in [2.05, 4.69) is 5.32 Å². The summed E-state index contributed by atoms with van der Waals surface area (Å²) >= 11 is 0. The SMILES string of the molecule is CC1COCCN1S(=O)(=O)c1cccc(NC(=O)c2ccccc2F)c1. The molecule has 0 radical (unpaired) electrons. The number of hydrogen-bond acceptors (Lipinski definition) is 4. The summed E-state index contributed by atoms with van der Waals surface area (Å²) in [5, 5.41) is 2.54. The van der Waals surface area contributed by atoms with Crippen molar-refractivity contribution in [1.82, 2.24) is 4.31 Å². The van der Waals surface area contributed by atoms with Crippen LogP contribution in [0.5, 0.6) is 0 Å². The van der Waals surface area contributed by atoms with Crippen molar-refractivity contribution >= 4 is 21.6 Å². The molecule has 1 saturated heterocycles. The molecule has 1 amide bonds. The normalized spacial score (nSPS) is 18.5. The molecule has 0 spiro atoms. The monoisotopic (exact) mass is 378 g/mol. The van der Waals surface area contributed by atoms with E-state index in [9.17, 15) is 17.6 Å². The molecule has 138 valence electrons. The van der Waals surface area contributed by atoms with Gasteiger partial charge in [-0.25, -0.2) is 12.8 Å². The lowest BCUT2D eigenvalue weighted by Gasteiger charge is -2.32. The number of hydrogen-bond donors (Lipinski definition) is 1. The first-order valence-electron chi connectivity index (χ1n) is 8.15. The summed E-state index contributed by atoms with van der Waals surface area (Å²) in [4.78, 5) is 12.3. The summed E-state index contributed by atoms with van der Waals surface area (Å²) < 4.78 is 46.1. The zero-order chi connectivity index (χ0) is 18.7. The number of ether oxygens (including phenoxy) is 1. The van der Waals surface area contributed by atoms with Gasteiger partial charge in [0.05, 0.1) is 23.7 Å². The molecule has 1 heterocycles. The van der Waals surface area contributed by atoms with Gasteiger partial charge in [0, 0.05) is 18.3 Å². The molecule has 2 aromatic rings. The van der Waals surface area contributed by atoms with Gasteiger partial charge in [-0.3, -0.25) is 4.79 Å². The van der Waals surface area contributed by atoms with Gasteiger partial charge in [-0.1, -0.05) is 18.2 Å². The van der Waals surface area contributed by atoms with Crippen molar-refractivity contribution < 1.29 is 22.3 Å². The molecular weight excluding hydrogens is 359 g/mol. The van der Waals surface area contributed by atoms with Gasteiger partial charge >= 0.3 is 0 Å². The molecule has 6 nitrogen and oxygen atoms in total. The zero-order valence-corrected chi connectivity index (χ0v) is 15.0. The van der Waals surface area contributed by atoms with E-state index in [1.54, 1.807) is 19.1 Å². The average molecular weight is 378 g/mol. The zero-order valence-electron chi connectivity index (χ0n) is 14.2. The standard InChI is InChI=1S/C18H19FN2O4S/c1-13-12-25-10-9-21(13)26(23,24)15-6-4-5-14(11-15)20-18(22)16-7-2-3-8-17(16)19/h2-8,11,13H,9-10,12H2,1H3,(H,20,22). The second-order valence-electron chi connectivity index (χ2n) is 6.00. The van der Waals surface area contributed by atoms with E-state index in [-0.39, 0.29) is 28.7 Å². The maximum Gasteiger partial charge on any atom is 0.258 e. The lowest BCUT2D eigenvalue weighted by molar-refractivity contribution is 0.0393. The van der Waals surface area contributed by atoms with Crippen molar-refractivity contribution in [3.05, 3.63) is 59.9 Å². The Morgan fingerprint density at radius 3 is 2.73 bits per heavy atom. The van der Waals surface area contributed by atoms with Crippen LogP contribution in [-0.4, -0.2) is 44.4 Å². The summed E-state index contributed by atoms with van der Waals surface area (Å²) in [6.45, 7) is 2.73. The Morgan fingerprint density at radius 2 is 2.00 bits per heavy atom. The maximum atomic E-state index is 13.7. The molecule has 0 saturated carbocycles. The van der Waals surface area contributed by atoms with Crippen molar-refractivity contribution in [3.63, 3.8) is 0 Å². The van der Waals surface area contributed by atoms with Crippen LogP contribution < -0.4 is 5.32 Å². The van der Waals surface area contributed by atoms with Crippen LogP contribution in [0.1, 0.15) is 17.3 Å². The number of morpholine rings is 1. The summed E-state index contributed by atoms with van der Waals surface area (Å²) in [5.74, 6) is -1.28. The van der Waals surface area contributed by atoms with Gasteiger partial charge in [-0.2, -0.15) is 4.31 Å². The molecule has 1 aliphatic heterocycles. The number of halogens is 1. The molecule has 26 heavy (non-hydrogen) atoms. The summed E-state index contributed by atoms with van der Waals surface area (Å²) in [6.07, 6.45) is 0. The Balaban J connectivity index is 1.84. The number of benzene rings is 2. The smallest absolute Gasteiger partial charge is 0.258 e. The number of nitrogens with one attached hydrogen (secondary N) is 1. The van der Waals surface area contributed by atoms with Crippen molar-refractivity contribution in [2.45, 2.75) is 17.9 Å². The Bertz CT molecular complexity index is 917. The fourth-order valence-electron chi connectivity index (χ4n) is 2.78. The molecule has 0 aromatic heterocycles. The molecule has 0 aliphatic carbocycles. The minimum atomic E-state index is -3.71. The third-order valence-corrected chi connectivity index (χ3v) is 6.13. The molecule has 1 unspecified atom stereocenters. The summed E-state index contributed by atoms with van der Waals surface area (Å²) in [5.41, 5.74) is 0.169. The minimum absolute atomic E-state index is 0.0672. The van der Waals surface area contributed by atoms with Gasteiger partial charge in [0.1, 0.15) is 5.82 Å². The molecule has 1 N–H and O–H groups in total. The molecule has 1 fully saturated rings. The van der Waals surface area contributed by atoms with Gasteiger partial charge < -0.3 is 10.1 Å². The third-order valence-electron chi connectivity index (χ3n) is 4.12. The predicted molar refractivity (Wildman–Crippen MR) is 95.0 cm³/mol. The molecule has 3 rings (SSSR count). The number of carbonyl (C=O) groups excluding carboxylic acids is 1. The van der Waals surface area contributed by atoms with Crippen LogP contribution in [0.3, 0.4) is 0 Å². The van der Waals surface area contributed by atoms with Gasteiger partial charge in [0.2, 0.25) is 10.0 Å².